The van der Waals surface area contributed by atoms with Gasteiger partial charge >= 0.3 is 0 Å². The van der Waals surface area contributed by atoms with Gasteiger partial charge in [-0.15, -0.1) is 0 Å². The maximum atomic E-state index is 12.5. The van der Waals surface area contributed by atoms with E-state index < -0.39 is 0 Å². The maximum Gasteiger partial charge on any atom is 0.222 e. The van der Waals surface area contributed by atoms with Gasteiger partial charge in [0.1, 0.15) is 0 Å². The smallest absolute Gasteiger partial charge is 0.222 e. The summed E-state index contributed by atoms with van der Waals surface area (Å²) in [6.07, 6.45) is 5.58. The number of guanidine groups is 1. The topological polar surface area (TPSA) is 66.0 Å². The average molecular weight is 389 g/mol. The normalized spacial score (nSPS) is 13.9. The van der Waals surface area contributed by atoms with E-state index in [9.17, 15) is 4.79 Å². The summed E-state index contributed by atoms with van der Waals surface area (Å²) in [6.45, 7) is 6.93. The van der Waals surface area contributed by atoms with Crippen molar-refractivity contribution in [1.29, 1.82) is 0 Å². The van der Waals surface area contributed by atoms with Gasteiger partial charge in [0.05, 0.1) is 0 Å². The number of aliphatic imine (C=N–C) groups is 1. The number of nitrogens with one attached hydrogen (secondary N) is 2. The molecule has 6 nitrogen and oxygen atoms in total. The molecule has 0 radical (unpaired) electrons. The Morgan fingerprint density at radius 3 is 2.57 bits per heavy atom. The van der Waals surface area contributed by atoms with Crippen LogP contribution >= 0.6 is 0 Å². The fraction of sp³-hybridized carbons (Fsp3) is 0.636. The molecule has 1 aliphatic rings. The first-order chi connectivity index (χ1) is 13.7. The van der Waals surface area contributed by atoms with Crippen LogP contribution in [-0.4, -0.2) is 56.7 Å². The third-order valence-corrected chi connectivity index (χ3v) is 4.97. The monoisotopic (exact) mass is 388 g/mol. The van der Waals surface area contributed by atoms with Crippen LogP contribution in [-0.2, 0) is 22.5 Å². The largest absolute Gasteiger partial charge is 0.381 e. The van der Waals surface area contributed by atoms with Gasteiger partial charge in [-0.05, 0) is 36.8 Å². The predicted octanol–water partition coefficient (Wildman–Crippen LogP) is 2.72. The molecule has 28 heavy (non-hydrogen) atoms. The number of unbranched alkanes of at least 4 members (excludes halogenated alkanes) is 1. The summed E-state index contributed by atoms with van der Waals surface area (Å²) in [7, 11) is 1.77. The van der Waals surface area contributed by atoms with Crippen LogP contribution in [0.15, 0.2) is 29.3 Å². The van der Waals surface area contributed by atoms with Crippen LogP contribution in [0.2, 0.25) is 0 Å². The van der Waals surface area contributed by atoms with Gasteiger partial charge in [-0.2, -0.15) is 0 Å². The van der Waals surface area contributed by atoms with Crippen molar-refractivity contribution >= 4 is 11.9 Å². The van der Waals surface area contributed by atoms with Crippen molar-refractivity contribution in [3.63, 3.8) is 0 Å². The van der Waals surface area contributed by atoms with Crippen molar-refractivity contribution in [3.8, 4) is 0 Å². The molecule has 0 aromatic heterocycles. The molecule has 156 valence electrons. The van der Waals surface area contributed by atoms with Gasteiger partial charge in [-0.3, -0.25) is 9.79 Å². The fourth-order valence-electron chi connectivity index (χ4n) is 3.26. The van der Waals surface area contributed by atoms with Crippen LogP contribution in [0.4, 0.5) is 0 Å². The molecule has 0 aliphatic carbocycles. The fourth-order valence-corrected chi connectivity index (χ4v) is 3.26. The van der Waals surface area contributed by atoms with E-state index in [4.69, 9.17) is 4.74 Å². The molecular weight excluding hydrogens is 352 g/mol. The second kappa shape index (κ2) is 13.2. The summed E-state index contributed by atoms with van der Waals surface area (Å²) in [4.78, 5) is 18.7. The zero-order valence-corrected chi connectivity index (χ0v) is 17.5. The Bertz CT molecular complexity index is 618. The first-order valence-electron chi connectivity index (χ1n) is 10.6. The van der Waals surface area contributed by atoms with Crippen LogP contribution in [0.5, 0.6) is 0 Å². The van der Waals surface area contributed by atoms with Crippen molar-refractivity contribution in [2.24, 2.45) is 4.99 Å². The van der Waals surface area contributed by atoms with Gasteiger partial charge in [0.15, 0.2) is 5.96 Å². The summed E-state index contributed by atoms with van der Waals surface area (Å²) < 4.78 is 5.55. The Morgan fingerprint density at radius 2 is 1.82 bits per heavy atom. The summed E-state index contributed by atoms with van der Waals surface area (Å²) in [6, 6.07) is 8.41. The van der Waals surface area contributed by atoms with Gasteiger partial charge in [0, 0.05) is 52.9 Å². The summed E-state index contributed by atoms with van der Waals surface area (Å²) in [5, 5.41) is 6.57. The van der Waals surface area contributed by atoms with Crippen molar-refractivity contribution < 1.29 is 9.53 Å². The quantitative estimate of drug-likeness (QED) is 0.348. The van der Waals surface area contributed by atoms with Crippen molar-refractivity contribution in [2.45, 2.75) is 52.0 Å². The zero-order valence-electron chi connectivity index (χ0n) is 17.5. The number of nitrogens with zero attached hydrogens (tertiary/aromatic N) is 2. The van der Waals surface area contributed by atoms with Crippen molar-refractivity contribution in [3.05, 3.63) is 35.4 Å². The summed E-state index contributed by atoms with van der Waals surface area (Å²) in [5.74, 6) is 1.02. The first kappa shape index (κ1) is 22.2. The summed E-state index contributed by atoms with van der Waals surface area (Å²) >= 11 is 0. The minimum absolute atomic E-state index is 0.239. The third-order valence-electron chi connectivity index (χ3n) is 4.97. The number of rotatable bonds is 11. The average Bonchev–Trinajstić information content (AvgIpc) is 2.74. The Morgan fingerprint density at radius 1 is 1.11 bits per heavy atom. The molecule has 0 bridgehead atoms. The Labute approximate surface area is 169 Å². The number of benzene rings is 1. The highest BCUT2D eigenvalue weighted by Crippen LogP contribution is 2.19. The molecule has 0 unspecified atom stereocenters. The molecule has 0 saturated heterocycles. The van der Waals surface area contributed by atoms with E-state index in [0.29, 0.717) is 6.42 Å². The second-order valence-electron chi connectivity index (χ2n) is 7.18. The highest BCUT2D eigenvalue weighted by Gasteiger charge is 2.19. The van der Waals surface area contributed by atoms with Gasteiger partial charge in [-0.25, -0.2) is 0 Å². The lowest BCUT2D eigenvalue weighted by Crippen LogP contribution is -2.39. The Kier molecular flexibility index (Phi) is 10.4. The highest BCUT2D eigenvalue weighted by molar-refractivity contribution is 5.80. The van der Waals surface area contributed by atoms with Crippen LogP contribution in [0.25, 0.3) is 0 Å². The standard InChI is InChI=1S/C22H36N4O2/c1-3-4-16-28-17-8-14-25-22(23-2)24-13-7-11-21(27)26-15-12-19-9-5-6-10-20(19)18-26/h5-6,9-10H,3-4,7-8,11-18H2,1-2H3,(H2,23,24,25). The number of ether oxygens (including phenoxy) is 1. The minimum atomic E-state index is 0.239. The van der Waals surface area contributed by atoms with Crippen LogP contribution < -0.4 is 10.6 Å². The SMILES string of the molecule is CCCCOCCCNC(=NC)NCCCC(=O)N1CCc2ccccc2C1. The van der Waals surface area contributed by atoms with E-state index >= 15 is 0 Å². The molecule has 0 spiro atoms. The molecule has 1 aliphatic heterocycles. The van der Waals surface area contributed by atoms with Gasteiger partial charge < -0.3 is 20.3 Å². The number of hydrogen-bond acceptors (Lipinski definition) is 3. The number of hydrogen-bond donors (Lipinski definition) is 2. The maximum absolute atomic E-state index is 12.5. The van der Waals surface area contributed by atoms with Crippen LogP contribution in [0, 0.1) is 0 Å². The van der Waals surface area contributed by atoms with E-state index in [2.05, 4.69) is 40.7 Å². The zero-order chi connectivity index (χ0) is 20.0. The Balaban J connectivity index is 1.55. The number of carbonyl (C=O) groups is 1. The van der Waals surface area contributed by atoms with Gasteiger partial charge in [0.2, 0.25) is 5.91 Å². The van der Waals surface area contributed by atoms with E-state index in [1.54, 1.807) is 7.05 Å². The molecule has 2 N–H and O–H groups in total. The second-order valence-corrected chi connectivity index (χ2v) is 7.18. The molecule has 1 heterocycles. The van der Waals surface area contributed by atoms with E-state index in [-0.39, 0.29) is 5.91 Å². The third kappa shape index (κ3) is 7.89. The molecule has 6 heteroatoms. The molecule has 2 rings (SSSR count). The Hall–Kier alpha value is -2.08. The molecule has 1 aromatic carbocycles. The van der Waals surface area contributed by atoms with Gasteiger partial charge in [-0.1, -0.05) is 37.6 Å². The van der Waals surface area contributed by atoms with Crippen molar-refractivity contribution in [2.75, 3.05) is 39.9 Å². The van der Waals surface area contributed by atoms with E-state index in [0.717, 1.165) is 71.0 Å². The number of carbonyl (C=O) groups excluding carboxylic acids is 1. The molecule has 0 fully saturated rings. The molecule has 0 saturated carbocycles. The number of amides is 1. The van der Waals surface area contributed by atoms with Crippen LogP contribution in [0.1, 0.15) is 50.2 Å². The number of fused-ring (bicyclic) bond motifs is 1. The van der Waals surface area contributed by atoms with E-state index in [1.165, 1.54) is 17.5 Å². The summed E-state index contributed by atoms with van der Waals surface area (Å²) in [5.41, 5.74) is 2.65. The first-order valence-corrected chi connectivity index (χ1v) is 10.6. The molecule has 0 atom stereocenters. The predicted molar refractivity (Wildman–Crippen MR) is 115 cm³/mol. The van der Waals surface area contributed by atoms with E-state index in [1.807, 2.05) is 11.0 Å². The lowest BCUT2D eigenvalue weighted by molar-refractivity contribution is -0.132. The lowest BCUT2D eigenvalue weighted by atomic mass is 9.99. The van der Waals surface area contributed by atoms with Crippen molar-refractivity contribution in [1.82, 2.24) is 15.5 Å². The molecular formula is C22H36N4O2. The minimum Gasteiger partial charge on any atom is -0.381 e. The molecule has 1 amide bonds. The van der Waals surface area contributed by atoms with Crippen LogP contribution in [0.3, 0.4) is 0 Å². The lowest BCUT2D eigenvalue weighted by Gasteiger charge is -2.29. The molecule has 1 aromatic rings. The van der Waals surface area contributed by atoms with Gasteiger partial charge in [0.25, 0.3) is 0 Å². The highest BCUT2D eigenvalue weighted by atomic mass is 16.5.